The lowest BCUT2D eigenvalue weighted by Crippen LogP contribution is -2.30. The normalized spacial score (nSPS) is 12.5. The first-order valence-corrected chi connectivity index (χ1v) is 5.53. The Kier molecular flexibility index (Phi) is 4.50. The summed E-state index contributed by atoms with van der Waals surface area (Å²) in [5.41, 5.74) is 8.02. The maximum atomic E-state index is 11.6. The summed E-state index contributed by atoms with van der Waals surface area (Å²) < 4.78 is 0. The molecule has 0 aliphatic heterocycles. The van der Waals surface area contributed by atoms with Crippen LogP contribution >= 0.6 is 0 Å². The minimum atomic E-state index is -0.309. The zero-order valence-electron chi connectivity index (χ0n) is 9.49. The van der Waals surface area contributed by atoms with Crippen LogP contribution in [0.25, 0.3) is 0 Å². The van der Waals surface area contributed by atoms with Gasteiger partial charge in [0, 0.05) is 6.42 Å². The first-order valence-electron chi connectivity index (χ1n) is 5.53. The standard InChI is InChI=1S/C13H19NO/c1-3-10-5-7-11(8-6-10)9-13(15)12(14)4-2/h5-8,12H,3-4,9,14H2,1-2H3. The smallest absolute Gasteiger partial charge is 0.153 e. The van der Waals surface area contributed by atoms with Crippen LogP contribution in [0.3, 0.4) is 0 Å². The Morgan fingerprint density at radius 2 is 1.73 bits per heavy atom. The number of aryl methyl sites for hydroxylation is 1. The molecule has 0 heterocycles. The maximum Gasteiger partial charge on any atom is 0.153 e. The largest absolute Gasteiger partial charge is 0.322 e. The van der Waals surface area contributed by atoms with E-state index in [0.717, 1.165) is 12.0 Å². The van der Waals surface area contributed by atoms with Gasteiger partial charge in [-0.1, -0.05) is 38.1 Å². The van der Waals surface area contributed by atoms with Crippen LogP contribution in [-0.4, -0.2) is 11.8 Å². The van der Waals surface area contributed by atoms with Gasteiger partial charge >= 0.3 is 0 Å². The zero-order chi connectivity index (χ0) is 11.3. The second-order valence-corrected chi connectivity index (χ2v) is 3.83. The van der Waals surface area contributed by atoms with Crippen molar-refractivity contribution in [1.82, 2.24) is 0 Å². The molecule has 0 aromatic heterocycles. The molecular weight excluding hydrogens is 186 g/mol. The quantitative estimate of drug-likeness (QED) is 0.800. The van der Waals surface area contributed by atoms with E-state index in [4.69, 9.17) is 5.73 Å². The van der Waals surface area contributed by atoms with E-state index in [1.165, 1.54) is 5.56 Å². The van der Waals surface area contributed by atoms with Gasteiger partial charge in [0.15, 0.2) is 5.78 Å². The molecule has 0 amide bonds. The summed E-state index contributed by atoms with van der Waals surface area (Å²) in [6.45, 7) is 4.05. The molecule has 2 N–H and O–H groups in total. The predicted octanol–water partition coefficient (Wildman–Crippen LogP) is 2.10. The minimum Gasteiger partial charge on any atom is -0.322 e. The molecule has 15 heavy (non-hydrogen) atoms. The van der Waals surface area contributed by atoms with E-state index in [2.05, 4.69) is 19.1 Å². The number of nitrogens with two attached hydrogens (primary N) is 1. The van der Waals surface area contributed by atoms with E-state index in [0.29, 0.717) is 12.8 Å². The van der Waals surface area contributed by atoms with Crippen LogP contribution in [0.2, 0.25) is 0 Å². The number of rotatable bonds is 5. The van der Waals surface area contributed by atoms with E-state index in [1.54, 1.807) is 0 Å². The molecule has 0 aliphatic carbocycles. The van der Waals surface area contributed by atoms with E-state index < -0.39 is 0 Å². The third-order valence-electron chi connectivity index (χ3n) is 2.66. The van der Waals surface area contributed by atoms with E-state index in [9.17, 15) is 4.79 Å². The maximum absolute atomic E-state index is 11.6. The van der Waals surface area contributed by atoms with Gasteiger partial charge < -0.3 is 5.73 Å². The van der Waals surface area contributed by atoms with Crippen molar-refractivity contribution in [3.05, 3.63) is 35.4 Å². The molecule has 0 radical (unpaired) electrons. The van der Waals surface area contributed by atoms with Crippen molar-refractivity contribution in [2.24, 2.45) is 5.73 Å². The predicted molar refractivity (Wildman–Crippen MR) is 62.8 cm³/mol. The van der Waals surface area contributed by atoms with Gasteiger partial charge in [0.05, 0.1) is 6.04 Å². The summed E-state index contributed by atoms with van der Waals surface area (Å²) in [6, 6.07) is 7.86. The van der Waals surface area contributed by atoms with Gasteiger partial charge in [0.1, 0.15) is 0 Å². The summed E-state index contributed by atoms with van der Waals surface area (Å²) in [5, 5.41) is 0. The molecule has 82 valence electrons. The Morgan fingerprint density at radius 1 is 1.20 bits per heavy atom. The molecule has 0 saturated carbocycles. The van der Waals surface area contributed by atoms with Crippen LogP contribution in [0.1, 0.15) is 31.4 Å². The monoisotopic (exact) mass is 205 g/mol. The molecule has 2 nitrogen and oxygen atoms in total. The van der Waals surface area contributed by atoms with Crippen LogP contribution in [0.5, 0.6) is 0 Å². The Hall–Kier alpha value is -1.15. The highest BCUT2D eigenvalue weighted by Gasteiger charge is 2.11. The number of carbonyl (C=O) groups excluding carboxylic acids is 1. The molecule has 1 rings (SSSR count). The summed E-state index contributed by atoms with van der Waals surface area (Å²) in [5.74, 6) is 0.127. The molecule has 2 heteroatoms. The Morgan fingerprint density at radius 3 is 2.20 bits per heavy atom. The van der Waals surface area contributed by atoms with Crippen molar-refractivity contribution in [3.8, 4) is 0 Å². The van der Waals surface area contributed by atoms with Gasteiger partial charge in [0.25, 0.3) is 0 Å². The average Bonchev–Trinajstić information content (AvgIpc) is 2.29. The molecule has 0 bridgehead atoms. The number of ketones is 1. The van der Waals surface area contributed by atoms with E-state index in [-0.39, 0.29) is 11.8 Å². The lowest BCUT2D eigenvalue weighted by molar-refractivity contribution is -0.119. The minimum absolute atomic E-state index is 0.127. The van der Waals surface area contributed by atoms with Crippen LogP contribution < -0.4 is 5.73 Å². The van der Waals surface area contributed by atoms with Gasteiger partial charge in [-0.2, -0.15) is 0 Å². The number of benzene rings is 1. The van der Waals surface area contributed by atoms with Crippen molar-refractivity contribution >= 4 is 5.78 Å². The second-order valence-electron chi connectivity index (χ2n) is 3.83. The van der Waals surface area contributed by atoms with Crippen LogP contribution in [0.4, 0.5) is 0 Å². The van der Waals surface area contributed by atoms with E-state index >= 15 is 0 Å². The Balaban J connectivity index is 2.61. The summed E-state index contributed by atoms with van der Waals surface area (Å²) in [7, 11) is 0. The molecule has 1 unspecified atom stereocenters. The second kappa shape index (κ2) is 5.66. The van der Waals surface area contributed by atoms with Gasteiger partial charge in [-0.15, -0.1) is 0 Å². The lowest BCUT2D eigenvalue weighted by Gasteiger charge is -2.07. The van der Waals surface area contributed by atoms with Crippen LogP contribution in [0, 0.1) is 0 Å². The third kappa shape index (κ3) is 3.48. The molecular formula is C13H19NO. The van der Waals surface area contributed by atoms with Gasteiger partial charge in [-0.3, -0.25) is 4.79 Å². The highest BCUT2D eigenvalue weighted by atomic mass is 16.1. The highest BCUT2D eigenvalue weighted by Crippen LogP contribution is 2.07. The molecule has 0 saturated heterocycles. The number of carbonyl (C=O) groups is 1. The average molecular weight is 205 g/mol. The van der Waals surface area contributed by atoms with Crippen LogP contribution in [0.15, 0.2) is 24.3 Å². The summed E-state index contributed by atoms with van der Waals surface area (Å²) in [4.78, 5) is 11.6. The Bertz CT molecular complexity index is 316. The molecule has 1 aromatic carbocycles. The summed E-state index contributed by atoms with van der Waals surface area (Å²) >= 11 is 0. The van der Waals surface area contributed by atoms with Gasteiger partial charge in [-0.25, -0.2) is 0 Å². The fourth-order valence-corrected chi connectivity index (χ4v) is 1.45. The number of hydrogen-bond donors (Lipinski definition) is 1. The van der Waals surface area contributed by atoms with E-state index in [1.807, 2.05) is 19.1 Å². The summed E-state index contributed by atoms with van der Waals surface area (Å²) in [6.07, 6.45) is 2.20. The molecule has 0 fully saturated rings. The first kappa shape index (κ1) is 11.9. The molecule has 0 spiro atoms. The van der Waals surface area contributed by atoms with Crippen molar-refractivity contribution in [1.29, 1.82) is 0 Å². The number of hydrogen-bond acceptors (Lipinski definition) is 2. The first-order chi connectivity index (χ1) is 7.17. The fraction of sp³-hybridized carbons (Fsp3) is 0.462. The molecule has 0 aliphatic rings. The molecule has 1 aromatic rings. The highest BCUT2D eigenvalue weighted by molar-refractivity contribution is 5.85. The SMILES string of the molecule is CCc1ccc(CC(=O)C(N)CC)cc1. The molecule has 1 atom stereocenters. The third-order valence-corrected chi connectivity index (χ3v) is 2.66. The number of Topliss-reactive ketones (excluding diaryl/α,β-unsaturated/α-hetero) is 1. The zero-order valence-corrected chi connectivity index (χ0v) is 9.49. The van der Waals surface area contributed by atoms with Crippen molar-refractivity contribution in [3.63, 3.8) is 0 Å². The van der Waals surface area contributed by atoms with Crippen LogP contribution in [-0.2, 0) is 17.6 Å². The van der Waals surface area contributed by atoms with Gasteiger partial charge in [0.2, 0.25) is 0 Å². The Labute approximate surface area is 91.5 Å². The topological polar surface area (TPSA) is 43.1 Å². The van der Waals surface area contributed by atoms with Crippen molar-refractivity contribution in [2.75, 3.05) is 0 Å². The van der Waals surface area contributed by atoms with Crippen molar-refractivity contribution < 1.29 is 4.79 Å². The fourth-order valence-electron chi connectivity index (χ4n) is 1.45. The van der Waals surface area contributed by atoms with Gasteiger partial charge in [-0.05, 0) is 24.0 Å². The lowest BCUT2D eigenvalue weighted by atomic mass is 10.0. The van der Waals surface area contributed by atoms with Crippen molar-refractivity contribution in [2.45, 2.75) is 39.2 Å².